The van der Waals surface area contributed by atoms with Crippen molar-refractivity contribution in [2.45, 2.75) is 11.8 Å². The van der Waals surface area contributed by atoms with E-state index in [4.69, 9.17) is 0 Å². The number of rotatable bonds is 3. The Morgan fingerprint density at radius 2 is 1.18 bits per heavy atom. The average Bonchev–Trinajstić information content (AvgIpc) is 3.28. The summed E-state index contributed by atoms with van der Waals surface area (Å²) in [4.78, 5) is 0. The predicted octanol–water partition coefficient (Wildman–Crippen LogP) is 5.77. The van der Waals surface area contributed by atoms with Gasteiger partial charge in [-0.1, -0.05) is 97.1 Å². The van der Waals surface area contributed by atoms with Crippen molar-refractivity contribution in [2.24, 2.45) is 0 Å². The zero-order valence-corrected chi connectivity index (χ0v) is 12.4. The first-order valence-corrected chi connectivity index (χ1v) is 7.82. The standard InChI is InChI=1S/C22H18/c1-2-9-17(10-3-1)20-15-8-16-21(18-11-4-5-12-18)22(20)19-13-6-7-14-19/h1-16,18-19H. The summed E-state index contributed by atoms with van der Waals surface area (Å²) in [6.45, 7) is 0. The largest absolute Gasteiger partial charge is 0.0732 e. The molecule has 0 aromatic heterocycles. The fourth-order valence-corrected chi connectivity index (χ4v) is 3.38. The molecular formula is C22H18. The van der Waals surface area contributed by atoms with Gasteiger partial charge in [-0.15, -0.1) is 0 Å². The molecule has 0 aliphatic heterocycles. The minimum absolute atomic E-state index is 0.369. The molecule has 0 fully saturated rings. The Kier molecular flexibility index (Phi) is 3.36. The van der Waals surface area contributed by atoms with Gasteiger partial charge < -0.3 is 0 Å². The molecular weight excluding hydrogens is 264 g/mol. The minimum atomic E-state index is 0.369. The monoisotopic (exact) mass is 282 g/mol. The van der Waals surface area contributed by atoms with Gasteiger partial charge in [-0.3, -0.25) is 0 Å². The molecule has 4 rings (SSSR count). The van der Waals surface area contributed by atoms with E-state index in [9.17, 15) is 0 Å². The summed E-state index contributed by atoms with van der Waals surface area (Å²) < 4.78 is 0. The van der Waals surface area contributed by atoms with Gasteiger partial charge in [-0.05, 0) is 22.3 Å². The third-order valence-electron chi connectivity index (χ3n) is 4.41. The van der Waals surface area contributed by atoms with E-state index >= 15 is 0 Å². The summed E-state index contributed by atoms with van der Waals surface area (Å²) in [5.41, 5.74) is 5.47. The quantitative estimate of drug-likeness (QED) is 0.670. The third kappa shape index (κ3) is 2.27. The highest BCUT2D eigenvalue weighted by Gasteiger charge is 2.21. The lowest BCUT2D eigenvalue weighted by Crippen LogP contribution is -2.03. The Hall–Kier alpha value is -2.60. The van der Waals surface area contributed by atoms with Crippen LogP contribution >= 0.6 is 0 Å². The molecule has 106 valence electrons. The second kappa shape index (κ2) is 5.65. The van der Waals surface area contributed by atoms with Crippen LogP contribution in [0, 0.1) is 0 Å². The van der Waals surface area contributed by atoms with Gasteiger partial charge in [-0.25, -0.2) is 0 Å². The van der Waals surface area contributed by atoms with Crippen LogP contribution in [0.1, 0.15) is 23.0 Å². The molecule has 2 aromatic rings. The van der Waals surface area contributed by atoms with Gasteiger partial charge in [0.1, 0.15) is 0 Å². The van der Waals surface area contributed by atoms with Crippen molar-refractivity contribution in [3.8, 4) is 11.1 Å². The SMILES string of the molecule is C1=CC(c2cccc(-c3ccccc3)c2C2C=CC=C2)C=C1. The van der Waals surface area contributed by atoms with Crippen molar-refractivity contribution >= 4 is 0 Å². The Balaban J connectivity index is 1.92. The fraction of sp³-hybridized carbons (Fsp3) is 0.0909. The smallest absolute Gasteiger partial charge is 0.0214 e. The van der Waals surface area contributed by atoms with E-state index in [1.54, 1.807) is 0 Å². The molecule has 0 saturated heterocycles. The summed E-state index contributed by atoms with van der Waals surface area (Å²) >= 11 is 0. The van der Waals surface area contributed by atoms with E-state index in [0.29, 0.717) is 11.8 Å². The first kappa shape index (κ1) is 13.1. The molecule has 2 aliphatic carbocycles. The Morgan fingerprint density at radius 1 is 0.545 bits per heavy atom. The molecule has 0 bridgehead atoms. The summed E-state index contributed by atoms with van der Waals surface area (Å²) in [7, 11) is 0. The normalized spacial score (nSPS) is 16.9. The minimum Gasteiger partial charge on any atom is -0.0732 e. The van der Waals surface area contributed by atoms with Crippen LogP contribution in [0.5, 0.6) is 0 Å². The summed E-state index contributed by atoms with van der Waals surface area (Å²) in [5, 5.41) is 0. The predicted molar refractivity (Wildman–Crippen MR) is 93.9 cm³/mol. The topological polar surface area (TPSA) is 0 Å². The van der Waals surface area contributed by atoms with Crippen LogP contribution in [0.3, 0.4) is 0 Å². The summed E-state index contributed by atoms with van der Waals surface area (Å²) in [5.74, 6) is 0.759. The molecule has 0 amide bonds. The van der Waals surface area contributed by atoms with Crippen molar-refractivity contribution in [2.75, 3.05) is 0 Å². The second-order valence-electron chi connectivity index (χ2n) is 5.77. The first-order valence-electron chi connectivity index (χ1n) is 7.82. The maximum Gasteiger partial charge on any atom is 0.0214 e. The lowest BCUT2D eigenvalue weighted by Gasteiger charge is -2.21. The molecule has 0 spiro atoms. The van der Waals surface area contributed by atoms with Crippen LogP contribution in [0.25, 0.3) is 11.1 Å². The van der Waals surface area contributed by atoms with Gasteiger partial charge in [0.2, 0.25) is 0 Å². The van der Waals surface area contributed by atoms with Crippen molar-refractivity contribution in [3.63, 3.8) is 0 Å². The van der Waals surface area contributed by atoms with E-state index in [1.165, 1.54) is 22.3 Å². The zero-order chi connectivity index (χ0) is 14.8. The first-order chi connectivity index (χ1) is 10.9. The second-order valence-corrected chi connectivity index (χ2v) is 5.77. The van der Waals surface area contributed by atoms with E-state index < -0.39 is 0 Å². The van der Waals surface area contributed by atoms with Crippen LogP contribution in [0.4, 0.5) is 0 Å². The Bertz CT molecular complexity index is 764. The van der Waals surface area contributed by atoms with E-state index in [-0.39, 0.29) is 0 Å². The van der Waals surface area contributed by atoms with Gasteiger partial charge in [-0.2, -0.15) is 0 Å². The van der Waals surface area contributed by atoms with Gasteiger partial charge in [0.05, 0.1) is 0 Å². The van der Waals surface area contributed by atoms with Gasteiger partial charge >= 0.3 is 0 Å². The van der Waals surface area contributed by atoms with Crippen molar-refractivity contribution < 1.29 is 0 Å². The molecule has 0 heteroatoms. The van der Waals surface area contributed by atoms with E-state index in [0.717, 1.165) is 0 Å². The third-order valence-corrected chi connectivity index (χ3v) is 4.41. The van der Waals surface area contributed by atoms with Crippen molar-refractivity contribution in [1.82, 2.24) is 0 Å². The highest BCUT2D eigenvalue weighted by Crippen LogP contribution is 2.39. The van der Waals surface area contributed by atoms with Crippen LogP contribution in [0.15, 0.2) is 97.1 Å². The van der Waals surface area contributed by atoms with E-state index in [1.807, 2.05) is 0 Å². The van der Waals surface area contributed by atoms with Crippen LogP contribution < -0.4 is 0 Å². The highest BCUT2D eigenvalue weighted by atomic mass is 14.2. The number of hydrogen-bond donors (Lipinski definition) is 0. The maximum absolute atomic E-state index is 2.29. The zero-order valence-electron chi connectivity index (χ0n) is 12.4. The van der Waals surface area contributed by atoms with Gasteiger partial charge in [0.25, 0.3) is 0 Å². The molecule has 22 heavy (non-hydrogen) atoms. The summed E-state index contributed by atoms with van der Waals surface area (Å²) in [6, 6.07) is 17.4. The van der Waals surface area contributed by atoms with Crippen LogP contribution in [0.2, 0.25) is 0 Å². The number of hydrogen-bond acceptors (Lipinski definition) is 0. The highest BCUT2D eigenvalue weighted by molar-refractivity contribution is 5.72. The molecule has 0 nitrogen and oxygen atoms in total. The lowest BCUT2D eigenvalue weighted by atomic mass is 9.83. The molecule has 0 saturated carbocycles. The van der Waals surface area contributed by atoms with Gasteiger partial charge in [0, 0.05) is 11.8 Å². The lowest BCUT2D eigenvalue weighted by molar-refractivity contribution is 1.00. The van der Waals surface area contributed by atoms with Crippen molar-refractivity contribution in [1.29, 1.82) is 0 Å². The van der Waals surface area contributed by atoms with Crippen LogP contribution in [-0.4, -0.2) is 0 Å². The molecule has 0 N–H and O–H groups in total. The Morgan fingerprint density at radius 3 is 1.86 bits per heavy atom. The maximum atomic E-state index is 2.29. The molecule has 0 heterocycles. The molecule has 0 radical (unpaired) electrons. The molecule has 2 aromatic carbocycles. The molecule has 0 unspecified atom stereocenters. The average molecular weight is 282 g/mol. The number of allylic oxidation sites excluding steroid dienone is 8. The van der Waals surface area contributed by atoms with Gasteiger partial charge in [0.15, 0.2) is 0 Å². The molecule has 0 atom stereocenters. The molecule has 2 aliphatic rings. The number of benzene rings is 2. The Labute approximate surface area is 131 Å². The van der Waals surface area contributed by atoms with Crippen molar-refractivity contribution in [3.05, 3.63) is 108 Å². The summed E-state index contributed by atoms with van der Waals surface area (Å²) in [6.07, 6.45) is 17.7. The van der Waals surface area contributed by atoms with Crippen LogP contribution in [-0.2, 0) is 0 Å². The fourth-order valence-electron chi connectivity index (χ4n) is 3.38. The van der Waals surface area contributed by atoms with E-state index in [2.05, 4.69) is 97.1 Å².